The number of rotatable bonds is 2. The third-order valence-electron chi connectivity index (χ3n) is 4.60. The summed E-state index contributed by atoms with van der Waals surface area (Å²) < 4.78 is 14.1. The molecule has 5 nitrogen and oxygen atoms in total. The van der Waals surface area contributed by atoms with Crippen molar-refractivity contribution in [3.8, 4) is 0 Å². The van der Waals surface area contributed by atoms with Crippen LogP contribution < -0.4 is 16.2 Å². The molecule has 6 heteroatoms. The molecule has 0 saturated carbocycles. The largest absolute Gasteiger partial charge is 0.347 e. The molecule has 0 spiro atoms. The topological polar surface area (TPSA) is 64.8 Å². The van der Waals surface area contributed by atoms with Crippen molar-refractivity contribution in [2.24, 2.45) is 5.92 Å². The first kappa shape index (κ1) is 12.9. The van der Waals surface area contributed by atoms with Crippen LogP contribution in [0.3, 0.4) is 0 Å². The minimum absolute atomic E-state index is 0.00345. The molecule has 0 aliphatic carbocycles. The predicted octanol–water partition coefficient (Wildman–Crippen LogP) is 1.42. The average Bonchev–Trinajstić information content (AvgIpc) is 3.17. The zero-order valence-corrected chi connectivity index (χ0v) is 11.5. The van der Waals surface area contributed by atoms with Gasteiger partial charge in [-0.15, -0.1) is 0 Å². The lowest BCUT2D eigenvalue weighted by Crippen LogP contribution is -2.46. The van der Waals surface area contributed by atoms with Crippen molar-refractivity contribution in [3.63, 3.8) is 0 Å². The van der Waals surface area contributed by atoms with E-state index in [1.54, 1.807) is 12.4 Å². The normalized spacial score (nSPS) is 32.0. The quantitative estimate of drug-likeness (QED) is 0.674. The zero-order chi connectivity index (χ0) is 14.2. The second kappa shape index (κ2) is 5.22. The highest BCUT2D eigenvalue weighted by atomic mass is 19.1. The molecule has 110 valence electrons. The second-order valence-corrected chi connectivity index (χ2v) is 5.76. The molecule has 0 amide bonds. The van der Waals surface area contributed by atoms with Crippen molar-refractivity contribution in [1.82, 2.24) is 26.1 Å². The highest BCUT2D eigenvalue weighted by molar-refractivity contribution is 5.24. The molecule has 4 unspecified atom stereocenters. The lowest BCUT2D eigenvalue weighted by molar-refractivity contribution is 0.262. The van der Waals surface area contributed by atoms with Gasteiger partial charge in [0.1, 0.15) is 5.82 Å². The number of nitrogens with one attached hydrogen (secondary N) is 4. The van der Waals surface area contributed by atoms with Crippen molar-refractivity contribution >= 4 is 0 Å². The number of hydrogen-bond acceptors (Lipinski definition) is 4. The van der Waals surface area contributed by atoms with E-state index in [4.69, 9.17) is 0 Å². The van der Waals surface area contributed by atoms with E-state index in [1.807, 2.05) is 18.3 Å². The minimum Gasteiger partial charge on any atom is -0.347 e. The Morgan fingerprint density at radius 1 is 1.19 bits per heavy atom. The monoisotopic (exact) mass is 287 g/mol. The van der Waals surface area contributed by atoms with E-state index < -0.39 is 0 Å². The fourth-order valence-corrected chi connectivity index (χ4v) is 3.50. The van der Waals surface area contributed by atoms with Gasteiger partial charge in [-0.3, -0.25) is 5.43 Å². The Labute approximate surface area is 122 Å². The standard InChI is InChI=1S/C15H18FN5/c16-11-4-2-1-3-9(11)15-10-5-12(14-6-17-8-19-14)18-7-13(10)20-21-15/h1-4,6,8,10,12-13,15,18,20-21H,5,7H2,(H,17,19). The molecule has 4 N–H and O–H groups in total. The van der Waals surface area contributed by atoms with Gasteiger partial charge < -0.3 is 10.3 Å². The molecule has 0 radical (unpaired) electrons. The second-order valence-electron chi connectivity index (χ2n) is 5.76. The molecule has 2 fully saturated rings. The van der Waals surface area contributed by atoms with E-state index in [1.165, 1.54) is 6.07 Å². The lowest BCUT2D eigenvalue weighted by Gasteiger charge is -2.33. The van der Waals surface area contributed by atoms with Crippen LogP contribution in [0, 0.1) is 11.7 Å². The van der Waals surface area contributed by atoms with Crippen LogP contribution in [0.4, 0.5) is 4.39 Å². The van der Waals surface area contributed by atoms with Crippen molar-refractivity contribution in [2.75, 3.05) is 6.54 Å². The molecule has 2 aliphatic rings. The molecule has 1 aromatic carbocycles. The van der Waals surface area contributed by atoms with Gasteiger partial charge in [0, 0.05) is 30.4 Å². The number of aromatic nitrogens is 2. The Kier molecular flexibility index (Phi) is 3.21. The maximum Gasteiger partial charge on any atom is 0.128 e. The summed E-state index contributed by atoms with van der Waals surface area (Å²) in [4.78, 5) is 7.25. The van der Waals surface area contributed by atoms with Gasteiger partial charge in [0.25, 0.3) is 0 Å². The molecular weight excluding hydrogens is 269 g/mol. The summed E-state index contributed by atoms with van der Waals surface area (Å²) in [6.45, 7) is 0.853. The van der Waals surface area contributed by atoms with E-state index in [0.717, 1.165) is 24.2 Å². The Morgan fingerprint density at radius 3 is 2.90 bits per heavy atom. The molecule has 2 saturated heterocycles. The summed E-state index contributed by atoms with van der Waals surface area (Å²) in [6, 6.07) is 7.57. The van der Waals surface area contributed by atoms with Gasteiger partial charge in [-0.05, 0) is 18.4 Å². The van der Waals surface area contributed by atoms with Crippen LogP contribution in [-0.2, 0) is 0 Å². The van der Waals surface area contributed by atoms with Gasteiger partial charge in [0.2, 0.25) is 0 Å². The summed E-state index contributed by atoms with van der Waals surface area (Å²) in [5.41, 5.74) is 8.39. The summed E-state index contributed by atoms with van der Waals surface area (Å²) in [6.07, 6.45) is 4.49. The highest BCUT2D eigenvalue weighted by Gasteiger charge is 2.42. The first-order chi connectivity index (χ1) is 10.3. The van der Waals surface area contributed by atoms with Gasteiger partial charge in [0.05, 0.1) is 18.1 Å². The summed E-state index contributed by atoms with van der Waals surface area (Å²) in [7, 11) is 0. The summed E-state index contributed by atoms with van der Waals surface area (Å²) in [5.74, 6) is 0.200. The smallest absolute Gasteiger partial charge is 0.128 e. The number of fused-ring (bicyclic) bond motifs is 1. The third kappa shape index (κ3) is 2.25. The molecule has 2 aliphatic heterocycles. The number of hydrazine groups is 1. The van der Waals surface area contributed by atoms with Crippen molar-refractivity contribution in [1.29, 1.82) is 0 Å². The summed E-state index contributed by atoms with van der Waals surface area (Å²) >= 11 is 0. The average molecular weight is 287 g/mol. The van der Waals surface area contributed by atoms with Crippen molar-refractivity contribution < 1.29 is 4.39 Å². The maximum atomic E-state index is 14.1. The summed E-state index contributed by atoms with van der Waals surface area (Å²) in [5, 5.41) is 3.51. The van der Waals surface area contributed by atoms with Crippen molar-refractivity contribution in [3.05, 3.63) is 53.9 Å². The molecule has 4 atom stereocenters. The highest BCUT2D eigenvalue weighted by Crippen LogP contribution is 2.38. The fourth-order valence-electron chi connectivity index (χ4n) is 3.50. The molecular formula is C15H18FN5. The molecule has 21 heavy (non-hydrogen) atoms. The molecule has 4 rings (SSSR count). The van der Waals surface area contributed by atoms with E-state index in [0.29, 0.717) is 12.0 Å². The number of H-pyrrole nitrogens is 1. The van der Waals surface area contributed by atoms with Crippen LogP contribution in [-0.4, -0.2) is 22.6 Å². The van der Waals surface area contributed by atoms with Gasteiger partial charge in [-0.2, -0.15) is 0 Å². The molecule has 2 aromatic rings. The number of nitrogens with zero attached hydrogens (tertiary/aromatic N) is 1. The predicted molar refractivity (Wildman–Crippen MR) is 76.6 cm³/mol. The Morgan fingerprint density at radius 2 is 2.10 bits per heavy atom. The van der Waals surface area contributed by atoms with Crippen LogP contribution in [0.15, 0.2) is 36.8 Å². The zero-order valence-electron chi connectivity index (χ0n) is 11.5. The number of benzene rings is 1. The van der Waals surface area contributed by atoms with Crippen LogP contribution >= 0.6 is 0 Å². The number of hydrogen-bond donors (Lipinski definition) is 4. The van der Waals surface area contributed by atoms with E-state index in [-0.39, 0.29) is 17.9 Å². The Balaban J connectivity index is 1.59. The SMILES string of the molecule is Fc1ccccc1C1NNC2CNC(c3cnc[nH]3)CC21. The van der Waals surface area contributed by atoms with Gasteiger partial charge in [0.15, 0.2) is 0 Å². The first-order valence-corrected chi connectivity index (χ1v) is 7.30. The fraction of sp³-hybridized carbons (Fsp3) is 0.400. The van der Waals surface area contributed by atoms with Gasteiger partial charge in [-0.1, -0.05) is 18.2 Å². The molecule has 0 bridgehead atoms. The van der Waals surface area contributed by atoms with E-state index in [9.17, 15) is 4.39 Å². The van der Waals surface area contributed by atoms with E-state index >= 15 is 0 Å². The lowest BCUT2D eigenvalue weighted by atomic mass is 9.81. The van der Waals surface area contributed by atoms with Crippen LogP contribution in [0.25, 0.3) is 0 Å². The number of aromatic amines is 1. The Hall–Kier alpha value is -1.76. The number of piperidine rings is 1. The molecule has 3 heterocycles. The van der Waals surface area contributed by atoms with Crippen LogP contribution in [0.1, 0.15) is 29.8 Å². The Bertz CT molecular complexity index is 614. The maximum absolute atomic E-state index is 14.1. The van der Waals surface area contributed by atoms with Crippen LogP contribution in [0.2, 0.25) is 0 Å². The first-order valence-electron chi connectivity index (χ1n) is 7.30. The van der Waals surface area contributed by atoms with Gasteiger partial charge in [-0.25, -0.2) is 14.8 Å². The molecule has 1 aromatic heterocycles. The van der Waals surface area contributed by atoms with Gasteiger partial charge >= 0.3 is 0 Å². The van der Waals surface area contributed by atoms with Crippen molar-refractivity contribution in [2.45, 2.75) is 24.5 Å². The van der Waals surface area contributed by atoms with E-state index in [2.05, 4.69) is 26.1 Å². The number of halogens is 1. The van der Waals surface area contributed by atoms with Crippen LogP contribution in [0.5, 0.6) is 0 Å². The minimum atomic E-state index is -0.144. The third-order valence-corrected chi connectivity index (χ3v) is 4.60. The number of imidazole rings is 1.